The fourth-order valence-electron chi connectivity index (χ4n) is 1.88. The molecule has 0 aliphatic rings. The van der Waals surface area contributed by atoms with Crippen LogP contribution in [0, 0.1) is 0 Å². The van der Waals surface area contributed by atoms with E-state index in [1.807, 2.05) is 48.2 Å². The predicted molar refractivity (Wildman–Crippen MR) is 87.7 cm³/mol. The summed E-state index contributed by atoms with van der Waals surface area (Å²) in [4.78, 5) is 4.63. The molecular weight excluding hydrogens is 286 g/mol. The highest BCUT2D eigenvalue weighted by Gasteiger charge is 2.02. The molecule has 2 aromatic carbocycles. The van der Waals surface area contributed by atoms with Crippen molar-refractivity contribution in [3.8, 4) is 5.75 Å². The predicted octanol–water partition coefficient (Wildman–Crippen LogP) is 4.61. The third-order valence-corrected chi connectivity index (χ3v) is 4.96. The zero-order valence-corrected chi connectivity index (χ0v) is 12.6. The van der Waals surface area contributed by atoms with Gasteiger partial charge in [0.05, 0.1) is 16.8 Å². The van der Waals surface area contributed by atoms with E-state index in [0.29, 0.717) is 0 Å². The first kappa shape index (κ1) is 13.5. The molecule has 1 aromatic heterocycles. The highest BCUT2D eigenvalue weighted by atomic mass is 32.2. The molecule has 0 radical (unpaired) electrons. The Balaban J connectivity index is 1.43. The highest BCUT2D eigenvalue weighted by Crippen LogP contribution is 2.24. The third kappa shape index (κ3) is 3.52. The van der Waals surface area contributed by atoms with E-state index < -0.39 is 0 Å². The van der Waals surface area contributed by atoms with Crippen LogP contribution >= 0.6 is 23.1 Å². The maximum Gasteiger partial charge on any atom is 0.119 e. The molecule has 0 fully saturated rings. The summed E-state index contributed by atoms with van der Waals surface area (Å²) in [7, 11) is 0. The van der Waals surface area contributed by atoms with Crippen molar-refractivity contribution in [1.82, 2.24) is 4.98 Å². The van der Waals surface area contributed by atoms with Crippen molar-refractivity contribution in [3.63, 3.8) is 0 Å². The minimum absolute atomic E-state index is 0.736. The number of aromatic nitrogens is 1. The monoisotopic (exact) mass is 301 g/mol. The van der Waals surface area contributed by atoms with E-state index in [9.17, 15) is 0 Å². The van der Waals surface area contributed by atoms with Crippen LogP contribution in [0.2, 0.25) is 0 Å². The third-order valence-electron chi connectivity index (χ3n) is 2.80. The minimum Gasteiger partial charge on any atom is -0.493 e. The van der Waals surface area contributed by atoms with E-state index in [4.69, 9.17) is 4.74 Å². The van der Waals surface area contributed by atoms with Crippen LogP contribution in [0.4, 0.5) is 0 Å². The van der Waals surface area contributed by atoms with Gasteiger partial charge in [0, 0.05) is 11.5 Å². The number of para-hydroxylation sites is 2. The van der Waals surface area contributed by atoms with Gasteiger partial charge in [0.2, 0.25) is 0 Å². The molecule has 4 heteroatoms. The fourth-order valence-corrected chi connectivity index (χ4v) is 3.71. The zero-order valence-electron chi connectivity index (χ0n) is 11.0. The summed E-state index contributed by atoms with van der Waals surface area (Å²) in [5.74, 6) is 2.87. The van der Waals surface area contributed by atoms with Crippen LogP contribution in [0.25, 0.3) is 10.2 Å². The number of hydrogen-bond donors (Lipinski definition) is 0. The Hall–Kier alpha value is -1.52. The Morgan fingerprint density at radius 3 is 2.65 bits per heavy atom. The van der Waals surface area contributed by atoms with Gasteiger partial charge in [0.15, 0.2) is 0 Å². The van der Waals surface area contributed by atoms with E-state index in [0.717, 1.165) is 29.4 Å². The van der Waals surface area contributed by atoms with E-state index in [1.54, 1.807) is 11.3 Å². The van der Waals surface area contributed by atoms with Crippen LogP contribution in [-0.4, -0.2) is 17.3 Å². The number of nitrogens with zero attached hydrogens (tertiary/aromatic N) is 1. The van der Waals surface area contributed by atoms with Gasteiger partial charge in [-0.15, -0.1) is 11.3 Å². The number of hydrogen-bond acceptors (Lipinski definition) is 4. The van der Waals surface area contributed by atoms with E-state index >= 15 is 0 Å². The molecule has 0 aliphatic heterocycles. The molecule has 20 heavy (non-hydrogen) atoms. The van der Waals surface area contributed by atoms with Crippen molar-refractivity contribution in [2.75, 3.05) is 12.4 Å². The highest BCUT2D eigenvalue weighted by molar-refractivity contribution is 7.98. The largest absolute Gasteiger partial charge is 0.493 e. The first-order valence-corrected chi connectivity index (χ1v) is 8.49. The Kier molecular flexibility index (Phi) is 4.56. The van der Waals surface area contributed by atoms with Crippen molar-refractivity contribution in [1.29, 1.82) is 0 Å². The molecule has 3 rings (SSSR count). The first-order chi connectivity index (χ1) is 9.92. The fraction of sp³-hybridized carbons (Fsp3) is 0.188. The lowest BCUT2D eigenvalue weighted by atomic mass is 10.3. The number of ether oxygens (including phenoxy) is 1. The maximum atomic E-state index is 5.67. The second-order valence-corrected chi connectivity index (χ2v) is 6.51. The van der Waals surface area contributed by atoms with Crippen LogP contribution in [0.5, 0.6) is 5.75 Å². The van der Waals surface area contributed by atoms with Gasteiger partial charge >= 0.3 is 0 Å². The lowest BCUT2D eigenvalue weighted by molar-refractivity contribution is 0.344. The Morgan fingerprint density at radius 1 is 1.00 bits per heavy atom. The van der Waals surface area contributed by atoms with Gasteiger partial charge in [-0.1, -0.05) is 30.3 Å². The molecule has 0 N–H and O–H groups in total. The maximum absolute atomic E-state index is 5.67. The molecule has 2 nitrogen and oxygen atoms in total. The van der Waals surface area contributed by atoms with Crippen molar-refractivity contribution in [2.24, 2.45) is 0 Å². The molecule has 0 saturated carbocycles. The number of thioether (sulfide) groups is 1. The zero-order chi connectivity index (χ0) is 13.6. The van der Waals surface area contributed by atoms with Crippen LogP contribution in [-0.2, 0) is 5.75 Å². The normalized spacial score (nSPS) is 10.8. The summed E-state index contributed by atoms with van der Waals surface area (Å²) < 4.78 is 6.93. The molecule has 0 bridgehead atoms. The van der Waals surface area contributed by atoms with Crippen molar-refractivity contribution >= 4 is 33.3 Å². The van der Waals surface area contributed by atoms with Gasteiger partial charge in [0.25, 0.3) is 0 Å². The van der Waals surface area contributed by atoms with Gasteiger partial charge < -0.3 is 4.74 Å². The van der Waals surface area contributed by atoms with Gasteiger partial charge in [-0.3, -0.25) is 0 Å². The van der Waals surface area contributed by atoms with E-state index in [-0.39, 0.29) is 0 Å². The Bertz CT molecular complexity index is 633. The van der Waals surface area contributed by atoms with Gasteiger partial charge in [-0.2, -0.15) is 11.8 Å². The summed E-state index contributed by atoms with van der Waals surface area (Å²) >= 11 is 3.64. The first-order valence-electron chi connectivity index (χ1n) is 6.52. The lowest BCUT2D eigenvalue weighted by Gasteiger charge is -2.04. The van der Waals surface area contributed by atoms with Crippen molar-refractivity contribution in [3.05, 3.63) is 59.6 Å². The topological polar surface area (TPSA) is 22.1 Å². The number of thiazole rings is 1. The molecule has 1 heterocycles. The van der Waals surface area contributed by atoms with Crippen molar-refractivity contribution < 1.29 is 4.74 Å². The SMILES string of the molecule is c1ccc(OCCSCc2nc3ccccc3s2)cc1. The van der Waals surface area contributed by atoms with Gasteiger partial charge in [-0.25, -0.2) is 4.98 Å². The summed E-state index contributed by atoms with van der Waals surface area (Å²) in [5.41, 5.74) is 1.11. The number of benzene rings is 2. The molecule has 0 amide bonds. The molecule has 0 saturated heterocycles. The Morgan fingerprint density at radius 2 is 1.80 bits per heavy atom. The van der Waals surface area contributed by atoms with Crippen LogP contribution < -0.4 is 4.74 Å². The number of rotatable bonds is 6. The minimum atomic E-state index is 0.736. The van der Waals surface area contributed by atoms with Crippen LogP contribution in [0.3, 0.4) is 0 Å². The molecule has 0 aliphatic carbocycles. The molecule has 0 atom stereocenters. The lowest BCUT2D eigenvalue weighted by Crippen LogP contribution is -2.00. The molecule has 0 spiro atoms. The molecule has 0 unspecified atom stereocenters. The summed E-state index contributed by atoms with van der Waals surface area (Å²) in [6, 6.07) is 18.2. The second-order valence-electron chi connectivity index (χ2n) is 4.29. The molecule has 102 valence electrons. The summed E-state index contributed by atoms with van der Waals surface area (Å²) in [5, 5.41) is 1.19. The van der Waals surface area contributed by atoms with Crippen molar-refractivity contribution in [2.45, 2.75) is 5.75 Å². The smallest absolute Gasteiger partial charge is 0.119 e. The second kappa shape index (κ2) is 6.77. The standard InChI is InChI=1S/C16H15NOS2/c1-2-6-13(7-3-1)18-10-11-19-12-16-17-14-8-4-5-9-15(14)20-16/h1-9H,10-12H2. The van der Waals surface area contributed by atoms with E-state index in [2.05, 4.69) is 23.2 Å². The van der Waals surface area contributed by atoms with Gasteiger partial charge in [0.1, 0.15) is 10.8 Å². The quantitative estimate of drug-likeness (QED) is 0.621. The summed E-state index contributed by atoms with van der Waals surface area (Å²) in [6.07, 6.45) is 0. The molecular formula is C16H15NOS2. The molecule has 3 aromatic rings. The average molecular weight is 301 g/mol. The number of fused-ring (bicyclic) bond motifs is 1. The van der Waals surface area contributed by atoms with Gasteiger partial charge in [-0.05, 0) is 24.3 Å². The Labute approximate surface area is 126 Å². The van der Waals surface area contributed by atoms with Crippen LogP contribution in [0.15, 0.2) is 54.6 Å². The summed E-state index contributed by atoms with van der Waals surface area (Å²) in [6.45, 7) is 0.736. The average Bonchev–Trinajstić information content (AvgIpc) is 2.90. The van der Waals surface area contributed by atoms with Crippen LogP contribution in [0.1, 0.15) is 5.01 Å². The van der Waals surface area contributed by atoms with E-state index in [1.165, 1.54) is 9.71 Å².